The van der Waals surface area contributed by atoms with Gasteiger partial charge in [-0.1, -0.05) is 0 Å². The number of aromatic nitrogens is 2. The van der Waals surface area contributed by atoms with Crippen molar-refractivity contribution < 1.29 is 27.8 Å². The molecule has 0 radical (unpaired) electrons. The zero-order chi connectivity index (χ0) is 25.0. The van der Waals surface area contributed by atoms with Gasteiger partial charge in [0.15, 0.2) is 17.4 Å². The maximum absolute atomic E-state index is 15.1. The molecule has 0 unspecified atom stereocenters. The van der Waals surface area contributed by atoms with Gasteiger partial charge in [-0.25, -0.2) is 8.78 Å². The average Bonchev–Trinajstić information content (AvgIpc) is 3.11. The maximum Gasteiger partial charge on any atom is 0.297 e. The van der Waals surface area contributed by atoms with Crippen molar-refractivity contribution in [2.45, 2.75) is 71.6 Å². The number of nitrogens with one attached hydrogen (secondary N) is 1. The third kappa shape index (κ3) is 6.14. The van der Waals surface area contributed by atoms with Crippen LogP contribution in [0.1, 0.15) is 53.4 Å². The number of amides is 1. The van der Waals surface area contributed by atoms with Gasteiger partial charge in [0.05, 0.1) is 24.2 Å². The fraction of sp³-hybridized carbons (Fsp3) is 0.625. The van der Waals surface area contributed by atoms with Gasteiger partial charge >= 0.3 is 0 Å². The number of imidazole rings is 1. The smallest absolute Gasteiger partial charge is 0.297 e. The minimum atomic E-state index is -0.844. The zero-order valence-corrected chi connectivity index (χ0v) is 20.3. The predicted molar refractivity (Wildman–Crippen MR) is 121 cm³/mol. The van der Waals surface area contributed by atoms with Gasteiger partial charge in [0.2, 0.25) is 5.91 Å². The molecule has 1 aliphatic rings. The van der Waals surface area contributed by atoms with Crippen LogP contribution < -0.4 is 14.8 Å². The van der Waals surface area contributed by atoms with Gasteiger partial charge in [0, 0.05) is 26.1 Å². The number of halogens is 2. The van der Waals surface area contributed by atoms with Gasteiger partial charge in [-0.05, 0) is 46.5 Å². The number of nitriles is 1. The Labute approximate surface area is 198 Å². The number of benzene rings is 1. The molecule has 1 fully saturated rings. The fourth-order valence-electron chi connectivity index (χ4n) is 3.90. The van der Waals surface area contributed by atoms with Gasteiger partial charge in [0.25, 0.3) is 6.01 Å². The van der Waals surface area contributed by atoms with Crippen LogP contribution in [0.5, 0.6) is 11.8 Å². The third-order valence-corrected chi connectivity index (χ3v) is 5.78. The van der Waals surface area contributed by atoms with Crippen LogP contribution >= 0.6 is 0 Å². The minimum Gasteiger partial charge on any atom is -0.489 e. The summed E-state index contributed by atoms with van der Waals surface area (Å²) < 4.78 is 48.5. The van der Waals surface area contributed by atoms with E-state index in [1.807, 2.05) is 6.92 Å². The van der Waals surface area contributed by atoms with Crippen molar-refractivity contribution >= 4 is 16.9 Å². The van der Waals surface area contributed by atoms with Crippen LogP contribution in [0.3, 0.4) is 0 Å². The Morgan fingerprint density at radius 1 is 1.32 bits per heavy atom. The molecule has 1 aromatic heterocycles. The number of carbonyl (C=O) groups is 1. The number of hydrogen-bond acceptors (Lipinski definition) is 6. The Kier molecular flexibility index (Phi) is 7.97. The van der Waals surface area contributed by atoms with E-state index in [-0.39, 0.29) is 53.6 Å². The number of carbonyl (C=O) groups excluding carboxylic acids is 1. The molecule has 34 heavy (non-hydrogen) atoms. The Balaban J connectivity index is 1.64. The molecule has 2 aromatic rings. The van der Waals surface area contributed by atoms with Gasteiger partial charge in [0.1, 0.15) is 23.7 Å². The highest BCUT2D eigenvalue weighted by atomic mass is 19.1. The summed E-state index contributed by atoms with van der Waals surface area (Å²) in [7, 11) is 1.56. The third-order valence-electron chi connectivity index (χ3n) is 5.78. The highest BCUT2D eigenvalue weighted by molar-refractivity contribution is 5.80. The summed E-state index contributed by atoms with van der Waals surface area (Å²) in [6.45, 7) is 7.02. The molecule has 8 nitrogen and oxygen atoms in total. The van der Waals surface area contributed by atoms with E-state index in [0.29, 0.717) is 19.4 Å². The van der Waals surface area contributed by atoms with Gasteiger partial charge < -0.3 is 19.5 Å². The molecule has 3 rings (SSSR count). The van der Waals surface area contributed by atoms with Crippen molar-refractivity contribution in [2.24, 2.45) is 12.5 Å². The second kappa shape index (κ2) is 10.6. The van der Waals surface area contributed by atoms with Crippen molar-refractivity contribution in [1.82, 2.24) is 14.9 Å². The molecule has 0 spiro atoms. The summed E-state index contributed by atoms with van der Waals surface area (Å²) in [5.41, 5.74) is -1.03. The molecular weight excluding hydrogens is 446 g/mol. The number of aryl methyl sites for hydroxylation is 1. The van der Waals surface area contributed by atoms with Crippen molar-refractivity contribution in [1.29, 1.82) is 5.26 Å². The molecule has 10 heteroatoms. The largest absolute Gasteiger partial charge is 0.489 e. The number of ether oxygens (including phenoxy) is 3. The molecule has 1 N–H and O–H groups in total. The Morgan fingerprint density at radius 2 is 1.97 bits per heavy atom. The van der Waals surface area contributed by atoms with Crippen LogP contribution in [-0.2, 0) is 16.6 Å². The summed E-state index contributed by atoms with van der Waals surface area (Å²) in [5, 5.41) is 11.9. The first-order valence-electron chi connectivity index (χ1n) is 11.4. The first-order valence-corrected chi connectivity index (χ1v) is 11.4. The lowest BCUT2D eigenvalue weighted by Crippen LogP contribution is -2.37. The van der Waals surface area contributed by atoms with Gasteiger partial charge in [-0.3, -0.25) is 9.36 Å². The monoisotopic (exact) mass is 478 g/mol. The maximum atomic E-state index is 15.1. The lowest BCUT2D eigenvalue weighted by atomic mass is 9.95. The molecule has 1 aromatic carbocycles. The van der Waals surface area contributed by atoms with Crippen LogP contribution in [0, 0.1) is 28.4 Å². The predicted octanol–water partition coefficient (Wildman–Crippen LogP) is 4.01. The molecule has 186 valence electrons. The molecule has 0 bridgehead atoms. The standard InChI is InChI=1S/C24H32F2N4O4/c1-14(28-15(2)31)11-32-16-6-8-17(9-7-16)34-23-29-21-18(25)10-19(20(26)22(21)30(23)5)33-13-24(3,4)12-27/h10,14,16-17H,6-9,11,13H2,1-5H3,(H,28,31)/t14-,16?,17?/m0/s1. The molecular formula is C24H32F2N4O4. The summed E-state index contributed by atoms with van der Waals surface area (Å²) >= 11 is 0. The highest BCUT2D eigenvalue weighted by Gasteiger charge is 2.27. The quantitative estimate of drug-likeness (QED) is 0.585. The van der Waals surface area contributed by atoms with Crippen molar-refractivity contribution in [3.8, 4) is 17.8 Å². The lowest BCUT2D eigenvalue weighted by molar-refractivity contribution is -0.120. The summed E-state index contributed by atoms with van der Waals surface area (Å²) in [6.07, 6.45) is 2.90. The Bertz CT molecular complexity index is 1070. The molecule has 1 amide bonds. The van der Waals surface area contributed by atoms with E-state index >= 15 is 4.39 Å². The van der Waals surface area contributed by atoms with Gasteiger partial charge in [-0.15, -0.1) is 0 Å². The van der Waals surface area contributed by atoms with E-state index in [1.165, 1.54) is 11.5 Å². The average molecular weight is 479 g/mol. The van der Waals surface area contributed by atoms with E-state index in [0.717, 1.165) is 18.9 Å². The van der Waals surface area contributed by atoms with Crippen LogP contribution in [0.2, 0.25) is 0 Å². The van der Waals surface area contributed by atoms with Crippen LogP contribution in [0.25, 0.3) is 11.0 Å². The number of fused-ring (bicyclic) bond motifs is 1. The van der Waals surface area contributed by atoms with Gasteiger partial charge in [-0.2, -0.15) is 10.2 Å². The summed E-state index contributed by atoms with van der Waals surface area (Å²) in [6, 6.07) is 3.09. The van der Waals surface area contributed by atoms with E-state index < -0.39 is 17.0 Å². The molecule has 1 saturated carbocycles. The zero-order valence-electron chi connectivity index (χ0n) is 20.3. The topological polar surface area (TPSA) is 98.4 Å². The molecule has 1 aliphatic carbocycles. The van der Waals surface area contributed by atoms with Crippen molar-refractivity contribution in [2.75, 3.05) is 13.2 Å². The fourth-order valence-corrected chi connectivity index (χ4v) is 3.90. The second-order valence-corrected chi connectivity index (χ2v) is 9.56. The number of nitrogens with zero attached hydrogens (tertiary/aromatic N) is 3. The van der Waals surface area contributed by atoms with Crippen LogP contribution in [-0.4, -0.2) is 46.9 Å². The van der Waals surface area contributed by atoms with E-state index in [9.17, 15) is 9.18 Å². The first-order chi connectivity index (χ1) is 16.0. The molecule has 1 heterocycles. The van der Waals surface area contributed by atoms with Crippen LogP contribution in [0.4, 0.5) is 8.78 Å². The van der Waals surface area contributed by atoms with E-state index in [2.05, 4.69) is 16.4 Å². The van der Waals surface area contributed by atoms with E-state index in [4.69, 9.17) is 19.5 Å². The number of hydrogen-bond donors (Lipinski definition) is 1. The number of rotatable bonds is 9. The van der Waals surface area contributed by atoms with Crippen molar-refractivity contribution in [3.63, 3.8) is 0 Å². The molecule has 0 saturated heterocycles. The SMILES string of the molecule is CC(=O)N[C@@H](C)COC1CCC(Oc2nc3c(F)cc(OCC(C)(C)C#N)c(F)c3n2C)CC1. The van der Waals surface area contributed by atoms with Crippen LogP contribution in [0.15, 0.2) is 6.07 Å². The summed E-state index contributed by atoms with van der Waals surface area (Å²) in [5.74, 6) is -1.83. The second-order valence-electron chi connectivity index (χ2n) is 9.56. The van der Waals surface area contributed by atoms with Crippen molar-refractivity contribution in [3.05, 3.63) is 17.7 Å². The van der Waals surface area contributed by atoms with E-state index in [1.54, 1.807) is 20.9 Å². The first kappa shape index (κ1) is 25.7. The molecule has 1 atom stereocenters. The lowest BCUT2D eigenvalue weighted by Gasteiger charge is -2.29. The molecule has 0 aliphatic heterocycles. The minimum absolute atomic E-state index is 0.0521. The Hall–Kier alpha value is -2.93. The Morgan fingerprint density at radius 3 is 2.59 bits per heavy atom. The highest BCUT2D eigenvalue weighted by Crippen LogP contribution is 2.33. The normalized spacial score (nSPS) is 19.5. The summed E-state index contributed by atoms with van der Waals surface area (Å²) in [4.78, 5) is 15.3.